The van der Waals surface area contributed by atoms with E-state index in [0.29, 0.717) is 11.3 Å². The summed E-state index contributed by atoms with van der Waals surface area (Å²) in [5.41, 5.74) is 0.625. The van der Waals surface area contributed by atoms with E-state index in [2.05, 4.69) is 10.0 Å². The number of anilines is 2. The summed E-state index contributed by atoms with van der Waals surface area (Å²) in [4.78, 5) is 24.1. The van der Waals surface area contributed by atoms with Gasteiger partial charge in [-0.3, -0.25) is 9.52 Å². The quantitative estimate of drug-likeness (QED) is 0.767. The normalized spacial score (nSPS) is 15.0. The number of ether oxygens (including phenoxy) is 1. The summed E-state index contributed by atoms with van der Waals surface area (Å²) in [6, 6.07) is 10.7. The predicted molar refractivity (Wildman–Crippen MR) is 101 cm³/mol. The summed E-state index contributed by atoms with van der Waals surface area (Å²) < 4.78 is 33.1. The van der Waals surface area contributed by atoms with Crippen LogP contribution in [0.3, 0.4) is 0 Å². The van der Waals surface area contributed by atoms with Crippen LogP contribution in [0, 0.1) is 0 Å². The second kappa shape index (κ2) is 6.70. The lowest BCUT2D eigenvalue weighted by Gasteiger charge is -2.16. The van der Waals surface area contributed by atoms with Crippen LogP contribution in [0.4, 0.5) is 11.4 Å². The molecule has 1 aliphatic rings. The Morgan fingerprint density at radius 2 is 1.89 bits per heavy atom. The lowest BCUT2D eigenvalue weighted by atomic mass is 9.86. The van der Waals surface area contributed by atoms with E-state index >= 15 is 0 Å². The number of benzene rings is 2. The van der Waals surface area contributed by atoms with Crippen molar-refractivity contribution in [1.82, 2.24) is 0 Å². The molecule has 8 heteroatoms. The Labute approximate surface area is 157 Å². The molecule has 142 valence electrons. The summed E-state index contributed by atoms with van der Waals surface area (Å²) >= 11 is 0. The molecule has 0 saturated carbocycles. The van der Waals surface area contributed by atoms with Gasteiger partial charge in [0.25, 0.3) is 10.0 Å². The number of hydrogen-bond donors (Lipinski definition) is 2. The highest BCUT2D eigenvalue weighted by Gasteiger charge is 2.39. The summed E-state index contributed by atoms with van der Waals surface area (Å²) in [6.45, 7) is 5.31. The van der Waals surface area contributed by atoms with Crippen molar-refractivity contribution in [2.24, 2.45) is 0 Å². The second-order valence-electron chi connectivity index (χ2n) is 6.66. The molecule has 3 rings (SSSR count). The number of sulfonamides is 1. The van der Waals surface area contributed by atoms with Crippen molar-refractivity contribution in [3.8, 4) is 0 Å². The minimum Gasteiger partial charge on any atom is -0.462 e. The number of amides is 1. The van der Waals surface area contributed by atoms with E-state index in [-0.39, 0.29) is 28.7 Å². The van der Waals surface area contributed by atoms with E-state index in [4.69, 9.17) is 4.74 Å². The van der Waals surface area contributed by atoms with Crippen molar-refractivity contribution in [2.75, 3.05) is 16.6 Å². The fourth-order valence-corrected chi connectivity index (χ4v) is 3.99. The molecule has 0 spiro atoms. The molecule has 1 aliphatic heterocycles. The molecule has 7 nitrogen and oxygen atoms in total. The minimum absolute atomic E-state index is 0.00415. The molecule has 0 bridgehead atoms. The monoisotopic (exact) mass is 388 g/mol. The van der Waals surface area contributed by atoms with Gasteiger partial charge in [0.15, 0.2) is 0 Å². The van der Waals surface area contributed by atoms with E-state index in [1.54, 1.807) is 39.0 Å². The summed E-state index contributed by atoms with van der Waals surface area (Å²) in [5, 5.41) is 2.74. The SMILES string of the molecule is CCOC(=O)c1ccccc1NS(=O)(=O)c1ccc2c(c1)C(C)(C)C(=O)N2. The Morgan fingerprint density at radius 3 is 2.59 bits per heavy atom. The molecule has 1 heterocycles. The van der Waals surface area contributed by atoms with Gasteiger partial charge in [0.1, 0.15) is 0 Å². The summed E-state index contributed by atoms with van der Waals surface area (Å²) in [6.07, 6.45) is 0. The molecule has 0 aromatic heterocycles. The highest BCUT2D eigenvalue weighted by Crippen LogP contribution is 2.38. The standard InChI is InChI=1S/C19H20N2O5S/c1-4-26-17(22)13-7-5-6-8-15(13)21-27(24,25)12-9-10-16-14(11-12)19(2,3)18(23)20-16/h5-11,21H,4H2,1-3H3,(H,20,23). The van der Waals surface area contributed by atoms with Gasteiger partial charge in [0.05, 0.1) is 28.2 Å². The molecule has 0 saturated heterocycles. The van der Waals surface area contributed by atoms with E-state index in [0.717, 1.165) is 0 Å². The zero-order valence-corrected chi connectivity index (χ0v) is 16.0. The van der Waals surface area contributed by atoms with Crippen LogP contribution in [-0.2, 0) is 25.0 Å². The average molecular weight is 388 g/mol. The zero-order chi connectivity index (χ0) is 19.8. The van der Waals surface area contributed by atoms with Crippen LogP contribution >= 0.6 is 0 Å². The molecule has 27 heavy (non-hydrogen) atoms. The molecule has 2 N–H and O–H groups in total. The highest BCUT2D eigenvalue weighted by atomic mass is 32.2. The molecule has 0 unspecified atom stereocenters. The maximum Gasteiger partial charge on any atom is 0.340 e. The summed E-state index contributed by atoms with van der Waals surface area (Å²) in [7, 11) is -3.97. The molecule has 0 atom stereocenters. The number of nitrogens with one attached hydrogen (secondary N) is 2. The van der Waals surface area contributed by atoms with Crippen molar-refractivity contribution >= 4 is 33.3 Å². The average Bonchev–Trinajstić information content (AvgIpc) is 2.84. The first kappa shape index (κ1) is 18.9. The number of hydrogen-bond acceptors (Lipinski definition) is 5. The Hall–Kier alpha value is -2.87. The maximum absolute atomic E-state index is 12.9. The van der Waals surface area contributed by atoms with E-state index < -0.39 is 21.4 Å². The van der Waals surface area contributed by atoms with E-state index in [1.807, 2.05) is 0 Å². The van der Waals surface area contributed by atoms with Gasteiger partial charge in [-0.1, -0.05) is 12.1 Å². The van der Waals surface area contributed by atoms with Crippen molar-refractivity contribution < 1.29 is 22.7 Å². The topological polar surface area (TPSA) is 102 Å². The van der Waals surface area contributed by atoms with Crippen molar-refractivity contribution in [3.05, 3.63) is 53.6 Å². The van der Waals surface area contributed by atoms with Crippen LogP contribution < -0.4 is 10.0 Å². The molecular formula is C19H20N2O5S. The van der Waals surface area contributed by atoms with E-state index in [9.17, 15) is 18.0 Å². The number of carbonyl (C=O) groups excluding carboxylic acids is 2. The van der Waals surface area contributed by atoms with Gasteiger partial charge in [-0.05, 0) is 56.7 Å². The number of fused-ring (bicyclic) bond motifs is 1. The smallest absolute Gasteiger partial charge is 0.340 e. The van der Waals surface area contributed by atoms with Crippen molar-refractivity contribution in [3.63, 3.8) is 0 Å². The van der Waals surface area contributed by atoms with Gasteiger partial charge in [-0.25, -0.2) is 13.2 Å². The largest absolute Gasteiger partial charge is 0.462 e. The van der Waals surface area contributed by atoms with Gasteiger partial charge >= 0.3 is 5.97 Å². The van der Waals surface area contributed by atoms with Crippen molar-refractivity contribution in [2.45, 2.75) is 31.1 Å². The highest BCUT2D eigenvalue weighted by molar-refractivity contribution is 7.92. The fourth-order valence-electron chi connectivity index (χ4n) is 2.88. The van der Waals surface area contributed by atoms with E-state index in [1.165, 1.54) is 24.3 Å². The molecule has 2 aromatic rings. The third-order valence-electron chi connectivity index (χ3n) is 4.46. The Bertz CT molecular complexity index is 1030. The lowest BCUT2D eigenvalue weighted by Crippen LogP contribution is -2.27. The molecule has 0 radical (unpaired) electrons. The van der Waals surface area contributed by atoms with Crippen molar-refractivity contribution in [1.29, 1.82) is 0 Å². The van der Waals surface area contributed by atoms with Gasteiger partial charge in [-0.15, -0.1) is 0 Å². The lowest BCUT2D eigenvalue weighted by molar-refractivity contribution is -0.119. The van der Waals surface area contributed by atoms with Crippen LogP contribution in [0.5, 0.6) is 0 Å². The Balaban J connectivity index is 1.98. The van der Waals surface area contributed by atoms with Crippen LogP contribution in [-0.4, -0.2) is 26.9 Å². The second-order valence-corrected chi connectivity index (χ2v) is 8.34. The first-order valence-electron chi connectivity index (χ1n) is 8.42. The fraction of sp³-hybridized carbons (Fsp3) is 0.263. The Morgan fingerprint density at radius 1 is 1.19 bits per heavy atom. The van der Waals surface area contributed by atoms with Gasteiger partial charge < -0.3 is 10.1 Å². The zero-order valence-electron chi connectivity index (χ0n) is 15.2. The minimum atomic E-state index is -3.97. The van der Waals surface area contributed by atoms with Gasteiger partial charge in [0.2, 0.25) is 5.91 Å². The molecule has 0 fully saturated rings. The maximum atomic E-state index is 12.9. The Kier molecular flexibility index (Phi) is 4.69. The van der Waals surface area contributed by atoms with Crippen LogP contribution in [0.15, 0.2) is 47.4 Å². The molecular weight excluding hydrogens is 368 g/mol. The number of carbonyl (C=O) groups is 2. The molecule has 1 amide bonds. The van der Waals surface area contributed by atoms with Crippen LogP contribution in [0.25, 0.3) is 0 Å². The van der Waals surface area contributed by atoms with Gasteiger partial charge in [0, 0.05) is 5.69 Å². The predicted octanol–water partition coefficient (Wildman–Crippen LogP) is 2.89. The molecule has 2 aromatic carbocycles. The van der Waals surface area contributed by atoms with Crippen LogP contribution in [0.2, 0.25) is 0 Å². The third kappa shape index (κ3) is 3.40. The number of esters is 1. The first-order chi connectivity index (χ1) is 12.7. The van der Waals surface area contributed by atoms with Gasteiger partial charge in [-0.2, -0.15) is 0 Å². The summed E-state index contributed by atoms with van der Waals surface area (Å²) in [5.74, 6) is -0.798. The third-order valence-corrected chi connectivity index (χ3v) is 5.82. The number of para-hydroxylation sites is 1. The first-order valence-corrected chi connectivity index (χ1v) is 9.90. The van der Waals surface area contributed by atoms with Crippen LogP contribution in [0.1, 0.15) is 36.7 Å². The molecule has 0 aliphatic carbocycles. The number of rotatable bonds is 5.